The Bertz CT molecular complexity index is 2450. The van der Waals surface area contributed by atoms with Gasteiger partial charge in [-0.3, -0.25) is 19.4 Å². The van der Waals surface area contributed by atoms with Gasteiger partial charge in [0.15, 0.2) is 0 Å². The zero-order chi connectivity index (χ0) is 45.7. The van der Waals surface area contributed by atoms with Gasteiger partial charge in [-0.2, -0.15) is 0 Å². The number of aliphatic hydroxyl groups is 2. The van der Waals surface area contributed by atoms with E-state index in [2.05, 4.69) is 111 Å². The maximum Gasteiger partial charge on any atom is 0.261 e. The first-order valence-corrected chi connectivity index (χ1v) is 25.6. The first-order chi connectivity index (χ1) is 31.4. The number of fused-ring (bicyclic) bond motifs is 2. The van der Waals surface area contributed by atoms with Crippen molar-refractivity contribution in [2.75, 3.05) is 26.3 Å². The summed E-state index contributed by atoms with van der Waals surface area (Å²) in [5.41, 5.74) is 4.88. The number of allylic oxidation sites excluding steroid dienone is 1. The third-order valence-corrected chi connectivity index (χ3v) is 19.4. The van der Waals surface area contributed by atoms with Crippen LogP contribution in [0.25, 0.3) is 16.8 Å². The second-order valence-corrected chi connectivity index (χ2v) is 23.8. The number of amides is 2. The van der Waals surface area contributed by atoms with E-state index in [1.165, 1.54) is 11.1 Å². The number of piperidine rings is 1. The standard InChI is InChI=1S/C56H66N2O6Si/c1-5-17-39(34-41-27-29-50(60)47-25-16-15-24-46(41)47)26-28-51(61)52-42(38-64-65(56(2,3)4,44-20-11-7-12-21-44)45-22-13-8-14-23-45)35-48-53(49(52)37-59)55(63)58(54(48)62)43-30-32-57(33-31-43)36-40-18-9-6-10-19-40/h6-16,18-25,27,29,34,43,48-49,51,53,59-61H,5,17,26,28,30-33,35-38H2,1-4H3/b39-34+/t48-,49+,51-,53-/m1/s1. The van der Waals surface area contributed by atoms with Crippen LogP contribution in [0.5, 0.6) is 5.75 Å². The fourth-order valence-electron chi connectivity index (χ4n) is 11.3. The molecule has 5 aromatic rings. The summed E-state index contributed by atoms with van der Waals surface area (Å²) in [5.74, 6) is -2.28. The van der Waals surface area contributed by atoms with E-state index in [9.17, 15) is 24.9 Å². The van der Waals surface area contributed by atoms with Gasteiger partial charge >= 0.3 is 0 Å². The third kappa shape index (κ3) is 9.45. The van der Waals surface area contributed by atoms with Crippen molar-refractivity contribution < 1.29 is 29.3 Å². The van der Waals surface area contributed by atoms with E-state index < -0.39 is 32.2 Å². The molecule has 5 aromatic carbocycles. The first-order valence-electron chi connectivity index (χ1n) is 23.7. The van der Waals surface area contributed by atoms with Gasteiger partial charge in [0, 0.05) is 37.0 Å². The molecule has 4 atom stereocenters. The molecule has 8 rings (SSSR count). The van der Waals surface area contributed by atoms with Crippen LogP contribution in [0.2, 0.25) is 5.04 Å². The summed E-state index contributed by atoms with van der Waals surface area (Å²) >= 11 is 0. The molecule has 2 aliphatic heterocycles. The SMILES string of the molecule is CCC/C(=C\c1ccc(O)c2ccccc12)CC[C@@H](O)C1=C(CO[Si](c2ccccc2)(c2ccccc2)C(C)(C)C)C[C@H]2C(=O)N(C3CCN(Cc4ccccc4)CC3)C(=O)[C@H]2[C@H]1CO. The average molecular weight is 891 g/mol. The molecule has 0 aromatic heterocycles. The highest BCUT2D eigenvalue weighted by Crippen LogP contribution is 2.48. The van der Waals surface area contributed by atoms with Gasteiger partial charge in [-0.05, 0) is 87.7 Å². The summed E-state index contributed by atoms with van der Waals surface area (Å²) < 4.78 is 7.53. The number of imide groups is 1. The Morgan fingerprint density at radius 3 is 2.00 bits per heavy atom. The smallest absolute Gasteiger partial charge is 0.261 e. The Kier molecular flexibility index (Phi) is 14.4. The maximum atomic E-state index is 14.8. The van der Waals surface area contributed by atoms with E-state index in [0.29, 0.717) is 31.3 Å². The van der Waals surface area contributed by atoms with Gasteiger partial charge in [0.25, 0.3) is 8.32 Å². The second kappa shape index (κ2) is 20.1. The van der Waals surface area contributed by atoms with Gasteiger partial charge in [-0.25, -0.2) is 0 Å². The number of hydrogen-bond acceptors (Lipinski definition) is 7. The molecule has 0 bridgehead atoms. The van der Waals surface area contributed by atoms with Crippen LogP contribution < -0.4 is 10.4 Å². The molecular weight excluding hydrogens is 825 g/mol. The van der Waals surface area contributed by atoms with Gasteiger partial charge in [0.2, 0.25) is 11.8 Å². The first kappa shape index (κ1) is 46.4. The number of aromatic hydroxyl groups is 1. The Morgan fingerprint density at radius 2 is 1.40 bits per heavy atom. The zero-order valence-corrected chi connectivity index (χ0v) is 39.5. The van der Waals surface area contributed by atoms with Gasteiger partial charge in [0.1, 0.15) is 5.75 Å². The molecule has 9 heteroatoms. The highest BCUT2D eigenvalue weighted by atomic mass is 28.4. The van der Waals surface area contributed by atoms with Crippen LogP contribution in [0.15, 0.2) is 144 Å². The minimum Gasteiger partial charge on any atom is -0.507 e. The molecule has 0 saturated carbocycles. The van der Waals surface area contributed by atoms with Crippen molar-refractivity contribution >= 4 is 47.4 Å². The largest absolute Gasteiger partial charge is 0.507 e. The topological polar surface area (TPSA) is 111 Å². The van der Waals surface area contributed by atoms with Crippen molar-refractivity contribution in [2.24, 2.45) is 17.8 Å². The van der Waals surface area contributed by atoms with Crippen LogP contribution in [-0.2, 0) is 20.6 Å². The summed E-state index contributed by atoms with van der Waals surface area (Å²) in [6, 6.07) is 42.6. The Hall–Kier alpha value is -5.16. The Labute approximate surface area is 386 Å². The summed E-state index contributed by atoms with van der Waals surface area (Å²) in [6.45, 7) is 11.0. The predicted molar refractivity (Wildman–Crippen MR) is 263 cm³/mol. The van der Waals surface area contributed by atoms with E-state index in [1.54, 1.807) is 11.0 Å². The number of nitrogens with zero attached hydrogens (tertiary/aromatic N) is 2. The number of hydrogen-bond donors (Lipinski definition) is 3. The number of phenolic OH excluding ortho intramolecular Hbond substituents is 1. The highest BCUT2D eigenvalue weighted by Gasteiger charge is 2.57. The van der Waals surface area contributed by atoms with Gasteiger partial charge in [-0.15, -0.1) is 0 Å². The van der Waals surface area contributed by atoms with Crippen LogP contribution in [0.3, 0.4) is 0 Å². The normalized spacial score (nSPS) is 20.7. The van der Waals surface area contributed by atoms with Gasteiger partial charge in [-0.1, -0.05) is 167 Å². The van der Waals surface area contributed by atoms with Gasteiger partial charge < -0.3 is 19.7 Å². The van der Waals surface area contributed by atoms with E-state index in [4.69, 9.17) is 4.43 Å². The fourth-order valence-corrected chi connectivity index (χ4v) is 15.9. The Morgan fingerprint density at radius 1 is 0.800 bits per heavy atom. The highest BCUT2D eigenvalue weighted by molar-refractivity contribution is 6.99. The molecule has 340 valence electrons. The molecule has 2 amide bonds. The number of rotatable bonds is 16. The quantitative estimate of drug-likeness (QED) is 0.0516. The minimum atomic E-state index is -3.06. The molecule has 0 radical (unpaired) electrons. The number of phenols is 1. The van der Waals surface area contributed by atoms with E-state index in [-0.39, 0.29) is 48.3 Å². The second-order valence-electron chi connectivity index (χ2n) is 19.5. The fraction of sp³-hybridized carbons (Fsp3) is 0.393. The summed E-state index contributed by atoms with van der Waals surface area (Å²) in [5, 5.41) is 38.4. The van der Waals surface area contributed by atoms with Crippen LogP contribution in [-0.4, -0.2) is 83.7 Å². The molecule has 3 aliphatic rings. The molecule has 3 N–H and O–H groups in total. The number of benzene rings is 5. The van der Waals surface area contributed by atoms with Crippen molar-refractivity contribution in [3.8, 4) is 5.75 Å². The number of aliphatic hydroxyl groups excluding tert-OH is 2. The lowest BCUT2D eigenvalue weighted by atomic mass is 9.68. The van der Waals surface area contributed by atoms with Crippen molar-refractivity contribution in [1.29, 1.82) is 0 Å². The van der Waals surface area contributed by atoms with Crippen molar-refractivity contribution in [1.82, 2.24) is 9.80 Å². The van der Waals surface area contributed by atoms with Crippen molar-refractivity contribution in [3.63, 3.8) is 0 Å². The summed E-state index contributed by atoms with van der Waals surface area (Å²) in [6.07, 6.45) is 5.58. The summed E-state index contributed by atoms with van der Waals surface area (Å²) in [4.78, 5) is 33.5. The number of carbonyl (C=O) groups is 2. The van der Waals surface area contributed by atoms with Crippen LogP contribution in [0, 0.1) is 17.8 Å². The molecule has 1 aliphatic carbocycles. The number of carbonyl (C=O) groups excluding carboxylic acids is 2. The molecule has 65 heavy (non-hydrogen) atoms. The predicted octanol–water partition coefficient (Wildman–Crippen LogP) is 9.02. The third-order valence-electron chi connectivity index (χ3n) is 14.4. The maximum absolute atomic E-state index is 14.8. The lowest BCUT2D eigenvalue weighted by Crippen LogP contribution is -2.66. The lowest BCUT2D eigenvalue weighted by molar-refractivity contribution is -0.144. The molecule has 8 nitrogen and oxygen atoms in total. The van der Waals surface area contributed by atoms with E-state index >= 15 is 0 Å². The average Bonchev–Trinajstić information content (AvgIpc) is 3.57. The lowest BCUT2D eigenvalue weighted by Gasteiger charge is -2.44. The van der Waals surface area contributed by atoms with Gasteiger partial charge in [0.05, 0.1) is 31.2 Å². The summed E-state index contributed by atoms with van der Waals surface area (Å²) in [7, 11) is -3.06. The zero-order valence-electron chi connectivity index (χ0n) is 38.5. The molecule has 2 saturated heterocycles. The monoisotopic (exact) mass is 890 g/mol. The molecular formula is C56H66N2O6Si. The number of likely N-dealkylation sites (tertiary alicyclic amines) is 2. The molecule has 2 fully saturated rings. The van der Waals surface area contributed by atoms with Crippen LogP contribution in [0.1, 0.15) is 83.8 Å². The molecule has 0 unspecified atom stereocenters. The minimum absolute atomic E-state index is 0.161. The molecule has 0 spiro atoms. The molecule has 2 heterocycles. The van der Waals surface area contributed by atoms with E-state index in [1.807, 2.05) is 48.5 Å². The van der Waals surface area contributed by atoms with Crippen molar-refractivity contribution in [2.45, 2.75) is 96.4 Å². The van der Waals surface area contributed by atoms with Crippen molar-refractivity contribution in [3.05, 3.63) is 155 Å². The van der Waals surface area contributed by atoms with E-state index in [0.717, 1.165) is 64.8 Å². The van der Waals surface area contributed by atoms with Crippen LogP contribution >= 0.6 is 0 Å². The van der Waals surface area contributed by atoms with Crippen LogP contribution in [0.4, 0.5) is 0 Å². The Balaban J connectivity index is 1.13.